The van der Waals surface area contributed by atoms with Gasteiger partial charge in [0.25, 0.3) is 0 Å². The molecule has 0 bridgehead atoms. The van der Waals surface area contributed by atoms with Crippen molar-refractivity contribution in [2.24, 2.45) is 5.92 Å². The van der Waals surface area contributed by atoms with E-state index in [-0.39, 0.29) is 18.9 Å². The van der Waals surface area contributed by atoms with Gasteiger partial charge in [0.05, 0.1) is 13.0 Å². The number of alkyl halides is 3. The van der Waals surface area contributed by atoms with Crippen molar-refractivity contribution in [3.8, 4) is 5.75 Å². The number of piperidine rings is 1. The maximum atomic E-state index is 13.2. The number of benzene rings is 1. The predicted octanol–water partition coefficient (Wildman–Crippen LogP) is 4.13. The van der Waals surface area contributed by atoms with Gasteiger partial charge in [-0.15, -0.1) is 0 Å². The van der Waals surface area contributed by atoms with Gasteiger partial charge in [-0.2, -0.15) is 13.2 Å². The number of fused-ring (bicyclic) bond motifs is 1. The van der Waals surface area contributed by atoms with Gasteiger partial charge in [-0.3, -0.25) is 4.79 Å². The van der Waals surface area contributed by atoms with Crippen LogP contribution < -0.4 is 15.0 Å². The lowest BCUT2D eigenvalue weighted by Gasteiger charge is -2.33. The number of carbonyl (C=O) groups is 1. The summed E-state index contributed by atoms with van der Waals surface area (Å²) in [5.74, 6) is 1.54. The molecule has 1 saturated heterocycles. The van der Waals surface area contributed by atoms with E-state index in [1.54, 1.807) is 0 Å². The highest BCUT2D eigenvalue weighted by atomic mass is 19.4. The van der Waals surface area contributed by atoms with Gasteiger partial charge in [-0.25, -0.2) is 4.98 Å². The third kappa shape index (κ3) is 5.11. The summed E-state index contributed by atoms with van der Waals surface area (Å²) in [6, 6.07) is 8.13. The summed E-state index contributed by atoms with van der Waals surface area (Å²) in [6.45, 7) is 4.26. The zero-order valence-corrected chi connectivity index (χ0v) is 17.5. The molecule has 31 heavy (non-hydrogen) atoms. The number of rotatable bonds is 5. The third-order valence-corrected chi connectivity index (χ3v) is 5.92. The number of ether oxygens (including phenoxy) is 1. The minimum absolute atomic E-state index is 0.138. The Morgan fingerprint density at radius 3 is 2.74 bits per heavy atom. The van der Waals surface area contributed by atoms with E-state index in [1.165, 1.54) is 6.07 Å². The Morgan fingerprint density at radius 2 is 2.00 bits per heavy atom. The molecule has 0 radical (unpaired) electrons. The molecule has 2 aliphatic rings. The van der Waals surface area contributed by atoms with Crippen molar-refractivity contribution in [3.05, 3.63) is 52.7 Å². The fourth-order valence-corrected chi connectivity index (χ4v) is 4.06. The van der Waals surface area contributed by atoms with E-state index in [0.29, 0.717) is 37.0 Å². The van der Waals surface area contributed by atoms with Crippen LogP contribution in [0.25, 0.3) is 0 Å². The summed E-state index contributed by atoms with van der Waals surface area (Å²) in [6.07, 6.45) is -1.65. The Hall–Kier alpha value is -2.77. The van der Waals surface area contributed by atoms with Gasteiger partial charge in [0.2, 0.25) is 5.91 Å². The monoisotopic (exact) mass is 433 g/mol. The molecule has 4 rings (SSSR count). The van der Waals surface area contributed by atoms with Crippen molar-refractivity contribution in [1.29, 1.82) is 0 Å². The lowest BCUT2D eigenvalue weighted by atomic mass is 9.99. The lowest BCUT2D eigenvalue weighted by molar-refractivity contribution is -0.141. The first-order valence-corrected chi connectivity index (χ1v) is 10.6. The molecule has 1 aromatic carbocycles. The number of hydrogen-bond donors (Lipinski definition) is 1. The normalized spacial score (nSPS) is 16.7. The molecule has 8 heteroatoms. The van der Waals surface area contributed by atoms with E-state index in [1.807, 2.05) is 23.1 Å². The minimum Gasteiger partial charge on any atom is -0.493 e. The maximum Gasteiger partial charge on any atom is 0.433 e. The molecule has 0 saturated carbocycles. The Kier molecular flexibility index (Phi) is 6.07. The van der Waals surface area contributed by atoms with Crippen LogP contribution in [0.2, 0.25) is 0 Å². The third-order valence-electron chi connectivity index (χ3n) is 5.92. The quantitative estimate of drug-likeness (QED) is 0.771. The van der Waals surface area contributed by atoms with Crippen molar-refractivity contribution < 1.29 is 22.7 Å². The molecule has 166 valence electrons. The van der Waals surface area contributed by atoms with Crippen LogP contribution in [0, 0.1) is 5.92 Å². The Balaban J connectivity index is 1.46. The van der Waals surface area contributed by atoms with Gasteiger partial charge in [-0.05, 0) is 42.0 Å². The second-order valence-corrected chi connectivity index (χ2v) is 8.34. The van der Waals surface area contributed by atoms with Crippen molar-refractivity contribution in [1.82, 2.24) is 10.3 Å². The van der Waals surface area contributed by atoms with Crippen LogP contribution in [-0.4, -0.2) is 30.6 Å². The first kappa shape index (κ1) is 21.5. The number of hydrogen-bond acceptors (Lipinski definition) is 4. The van der Waals surface area contributed by atoms with E-state index in [9.17, 15) is 18.0 Å². The number of anilines is 1. The smallest absolute Gasteiger partial charge is 0.433 e. The van der Waals surface area contributed by atoms with Crippen LogP contribution in [0.4, 0.5) is 19.0 Å². The lowest BCUT2D eigenvalue weighted by Crippen LogP contribution is -2.35. The summed E-state index contributed by atoms with van der Waals surface area (Å²) in [5, 5.41) is 2.84. The molecule has 3 heterocycles. The van der Waals surface area contributed by atoms with Crippen LogP contribution in [-0.2, 0) is 30.4 Å². The average molecular weight is 433 g/mol. The SMILES string of the molecule is CC1CCN(c2nc(C(F)(F)F)ccc2CNC(=O)Cc2ccc3c(c2)CCO3)CC1. The summed E-state index contributed by atoms with van der Waals surface area (Å²) in [4.78, 5) is 18.3. The first-order valence-electron chi connectivity index (χ1n) is 10.6. The highest BCUT2D eigenvalue weighted by Crippen LogP contribution is 2.32. The van der Waals surface area contributed by atoms with Gasteiger partial charge >= 0.3 is 6.18 Å². The molecular formula is C23H26F3N3O2. The molecule has 1 aromatic heterocycles. The van der Waals surface area contributed by atoms with E-state index in [4.69, 9.17) is 4.74 Å². The van der Waals surface area contributed by atoms with Crippen LogP contribution in [0.3, 0.4) is 0 Å². The predicted molar refractivity (Wildman–Crippen MR) is 111 cm³/mol. The largest absolute Gasteiger partial charge is 0.493 e. The molecule has 1 fully saturated rings. The molecule has 0 unspecified atom stereocenters. The summed E-state index contributed by atoms with van der Waals surface area (Å²) in [7, 11) is 0. The summed E-state index contributed by atoms with van der Waals surface area (Å²) >= 11 is 0. The van der Waals surface area contributed by atoms with Gasteiger partial charge < -0.3 is 15.0 Å². The molecule has 1 amide bonds. The Morgan fingerprint density at radius 1 is 1.23 bits per heavy atom. The molecular weight excluding hydrogens is 407 g/mol. The van der Waals surface area contributed by atoms with Crippen LogP contribution in [0.1, 0.15) is 42.1 Å². The van der Waals surface area contributed by atoms with Crippen LogP contribution in [0.15, 0.2) is 30.3 Å². The van der Waals surface area contributed by atoms with Crippen molar-refractivity contribution in [2.75, 3.05) is 24.6 Å². The Bertz CT molecular complexity index is 954. The number of nitrogens with zero attached hydrogens (tertiary/aromatic N) is 2. The minimum atomic E-state index is -4.50. The van der Waals surface area contributed by atoms with Crippen LogP contribution in [0.5, 0.6) is 5.75 Å². The average Bonchev–Trinajstić information content (AvgIpc) is 3.20. The number of carbonyl (C=O) groups excluding carboxylic acids is 1. The van der Waals surface area contributed by atoms with E-state index < -0.39 is 11.9 Å². The molecule has 2 aromatic rings. The maximum absolute atomic E-state index is 13.2. The van der Waals surface area contributed by atoms with Crippen molar-refractivity contribution in [2.45, 2.75) is 45.3 Å². The van der Waals surface area contributed by atoms with Gasteiger partial charge in [0.1, 0.15) is 17.3 Å². The zero-order valence-electron chi connectivity index (χ0n) is 17.5. The number of aromatic nitrogens is 1. The molecule has 5 nitrogen and oxygen atoms in total. The highest BCUT2D eigenvalue weighted by molar-refractivity contribution is 5.78. The topological polar surface area (TPSA) is 54.5 Å². The Labute approximate surface area is 179 Å². The van der Waals surface area contributed by atoms with Gasteiger partial charge in [-0.1, -0.05) is 25.1 Å². The van der Waals surface area contributed by atoms with Gasteiger partial charge in [0, 0.05) is 31.6 Å². The molecule has 0 spiro atoms. The molecule has 2 aliphatic heterocycles. The summed E-state index contributed by atoms with van der Waals surface area (Å²) < 4.78 is 45.1. The number of nitrogens with one attached hydrogen (secondary N) is 1. The second kappa shape index (κ2) is 8.77. The molecule has 0 aliphatic carbocycles. The fraction of sp³-hybridized carbons (Fsp3) is 0.478. The standard InChI is InChI=1S/C23H26F3N3O2/c1-15-6-9-29(10-7-15)22-18(3-5-20(28-22)23(24,25)26)14-27-21(30)13-16-2-4-19-17(12-16)8-11-31-19/h2-5,12,15H,6-11,13-14H2,1H3,(H,27,30). The number of amides is 1. The number of pyridine rings is 1. The van der Waals surface area contributed by atoms with Gasteiger partial charge in [0.15, 0.2) is 0 Å². The summed E-state index contributed by atoms with van der Waals surface area (Å²) in [5.41, 5.74) is 1.67. The highest BCUT2D eigenvalue weighted by Gasteiger charge is 2.34. The molecule has 1 N–H and O–H groups in total. The van der Waals surface area contributed by atoms with E-state index >= 15 is 0 Å². The molecule has 0 atom stereocenters. The first-order chi connectivity index (χ1) is 14.8. The fourth-order valence-electron chi connectivity index (χ4n) is 4.06. The van der Waals surface area contributed by atoms with Crippen molar-refractivity contribution >= 4 is 11.7 Å². The second-order valence-electron chi connectivity index (χ2n) is 8.34. The van der Waals surface area contributed by atoms with Crippen LogP contribution >= 0.6 is 0 Å². The van der Waals surface area contributed by atoms with E-state index in [0.717, 1.165) is 42.2 Å². The van der Waals surface area contributed by atoms with E-state index in [2.05, 4.69) is 17.2 Å². The number of halogens is 3. The van der Waals surface area contributed by atoms with Crippen molar-refractivity contribution in [3.63, 3.8) is 0 Å². The zero-order chi connectivity index (χ0) is 22.0.